The monoisotopic (exact) mass is 390 g/mol. The van der Waals surface area contributed by atoms with Crippen molar-refractivity contribution < 1.29 is 4.92 Å². The van der Waals surface area contributed by atoms with Crippen molar-refractivity contribution in [2.24, 2.45) is 0 Å². The summed E-state index contributed by atoms with van der Waals surface area (Å²) in [5, 5.41) is 11.5. The number of nitro benzene ring substituents is 1. The third-order valence-corrected chi connectivity index (χ3v) is 5.48. The van der Waals surface area contributed by atoms with Gasteiger partial charge in [0.1, 0.15) is 5.69 Å². The van der Waals surface area contributed by atoms with Crippen LogP contribution >= 0.6 is 0 Å². The van der Waals surface area contributed by atoms with Crippen LogP contribution in [-0.4, -0.2) is 18.0 Å². The molecule has 0 spiro atoms. The molecule has 0 amide bonds. The van der Waals surface area contributed by atoms with E-state index in [1.807, 2.05) is 12.1 Å². The van der Waals surface area contributed by atoms with E-state index in [0.717, 1.165) is 31.6 Å². The zero-order valence-corrected chi connectivity index (χ0v) is 18.3. The number of unbranched alkanes of at least 4 members (excludes halogenated alkanes) is 12. The second-order valence-corrected chi connectivity index (χ2v) is 7.98. The fourth-order valence-corrected chi connectivity index (χ4v) is 3.76. The van der Waals surface area contributed by atoms with Gasteiger partial charge < -0.3 is 4.90 Å². The molecule has 0 N–H and O–H groups in total. The molecule has 1 aromatic rings. The van der Waals surface area contributed by atoms with E-state index in [1.165, 1.54) is 77.0 Å². The van der Waals surface area contributed by atoms with Crippen molar-refractivity contribution in [3.05, 3.63) is 34.4 Å². The van der Waals surface area contributed by atoms with Crippen molar-refractivity contribution in [1.82, 2.24) is 0 Å². The predicted octanol–water partition coefficient (Wildman–Crippen LogP) is 7.90. The van der Waals surface area contributed by atoms with Crippen LogP contribution in [0.4, 0.5) is 11.4 Å². The first-order valence-corrected chi connectivity index (χ1v) is 11.7. The Bertz CT molecular complexity index is 501. The minimum Gasteiger partial charge on any atom is -0.366 e. The summed E-state index contributed by atoms with van der Waals surface area (Å²) in [5.74, 6) is 0. The molecule has 0 fully saturated rings. The summed E-state index contributed by atoms with van der Waals surface area (Å²) in [7, 11) is 0. The van der Waals surface area contributed by atoms with E-state index < -0.39 is 0 Å². The van der Waals surface area contributed by atoms with E-state index in [-0.39, 0.29) is 10.6 Å². The first kappa shape index (κ1) is 24.5. The van der Waals surface area contributed by atoms with Gasteiger partial charge in [0.2, 0.25) is 0 Å². The van der Waals surface area contributed by atoms with Gasteiger partial charge in [0.05, 0.1) is 4.92 Å². The molecule has 4 nitrogen and oxygen atoms in total. The van der Waals surface area contributed by atoms with Crippen molar-refractivity contribution in [2.75, 3.05) is 18.0 Å². The SMILES string of the molecule is CCCCCCCCCN(CCCCCCCCC)c1ccccc1[N+](=O)[O-]. The average molecular weight is 391 g/mol. The van der Waals surface area contributed by atoms with E-state index in [0.29, 0.717) is 0 Å². The van der Waals surface area contributed by atoms with Gasteiger partial charge in [-0.2, -0.15) is 0 Å². The van der Waals surface area contributed by atoms with Crippen molar-refractivity contribution in [3.63, 3.8) is 0 Å². The van der Waals surface area contributed by atoms with Crippen LogP contribution in [0.3, 0.4) is 0 Å². The maximum Gasteiger partial charge on any atom is 0.292 e. The number of benzene rings is 1. The summed E-state index contributed by atoms with van der Waals surface area (Å²) in [6.07, 6.45) is 17.8. The summed E-state index contributed by atoms with van der Waals surface area (Å²) in [5.41, 5.74) is 1.04. The quantitative estimate of drug-likeness (QED) is 0.145. The number of para-hydroxylation sites is 2. The highest BCUT2D eigenvalue weighted by molar-refractivity contribution is 5.63. The number of nitro groups is 1. The Balaban J connectivity index is 2.50. The van der Waals surface area contributed by atoms with Gasteiger partial charge >= 0.3 is 0 Å². The number of rotatable bonds is 18. The summed E-state index contributed by atoms with van der Waals surface area (Å²) < 4.78 is 0. The molecule has 0 unspecified atom stereocenters. The molecule has 0 heterocycles. The van der Waals surface area contributed by atoms with E-state index >= 15 is 0 Å². The molecule has 0 aromatic heterocycles. The van der Waals surface area contributed by atoms with Gasteiger partial charge in [-0.1, -0.05) is 103 Å². The molecule has 0 aliphatic carbocycles. The molecule has 0 saturated carbocycles. The van der Waals surface area contributed by atoms with E-state index in [4.69, 9.17) is 0 Å². The second-order valence-electron chi connectivity index (χ2n) is 7.98. The van der Waals surface area contributed by atoms with Crippen LogP contribution in [-0.2, 0) is 0 Å². The molecule has 0 saturated heterocycles. The molecule has 4 heteroatoms. The van der Waals surface area contributed by atoms with Crippen LogP contribution in [0.15, 0.2) is 24.3 Å². The average Bonchev–Trinajstić information content (AvgIpc) is 2.70. The maximum atomic E-state index is 11.5. The van der Waals surface area contributed by atoms with E-state index in [9.17, 15) is 10.1 Å². The molecular weight excluding hydrogens is 348 g/mol. The van der Waals surface area contributed by atoms with Crippen molar-refractivity contribution in [3.8, 4) is 0 Å². The molecule has 28 heavy (non-hydrogen) atoms. The highest BCUT2D eigenvalue weighted by atomic mass is 16.6. The Kier molecular flexibility index (Phi) is 14.3. The van der Waals surface area contributed by atoms with Gasteiger partial charge in [-0.3, -0.25) is 10.1 Å². The molecule has 0 atom stereocenters. The maximum absolute atomic E-state index is 11.5. The topological polar surface area (TPSA) is 46.4 Å². The molecule has 0 aliphatic heterocycles. The Morgan fingerprint density at radius 1 is 0.714 bits per heavy atom. The molecule has 160 valence electrons. The molecular formula is C24H42N2O2. The fourth-order valence-electron chi connectivity index (χ4n) is 3.76. The minimum atomic E-state index is -0.238. The van der Waals surface area contributed by atoms with Gasteiger partial charge in [0.25, 0.3) is 5.69 Å². The third kappa shape index (κ3) is 10.7. The lowest BCUT2D eigenvalue weighted by Crippen LogP contribution is -2.26. The van der Waals surface area contributed by atoms with Crippen LogP contribution in [0.1, 0.15) is 104 Å². The number of anilines is 1. The number of nitrogens with zero attached hydrogens (tertiary/aromatic N) is 2. The number of hydrogen-bond acceptors (Lipinski definition) is 3. The zero-order chi connectivity index (χ0) is 20.5. The lowest BCUT2D eigenvalue weighted by atomic mass is 10.1. The second kappa shape index (κ2) is 16.4. The first-order valence-electron chi connectivity index (χ1n) is 11.7. The smallest absolute Gasteiger partial charge is 0.292 e. The Morgan fingerprint density at radius 3 is 1.61 bits per heavy atom. The van der Waals surface area contributed by atoms with Crippen molar-refractivity contribution in [2.45, 2.75) is 104 Å². The van der Waals surface area contributed by atoms with Crippen molar-refractivity contribution >= 4 is 11.4 Å². The normalized spacial score (nSPS) is 10.9. The van der Waals surface area contributed by atoms with Gasteiger partial charge in [-0.25, -0.2) is 0 Å². The lowest BCUT2D eigenvalue weighted by molar-refractivity contribution is -0.384. The van der Waals surface area contributed by atoms with Crippen LogP contribution in [0, 0.1) is 10.1 Å². The highest BCUT2D eigenvalue weighted by Gasteiger charge is 2.18. The van der Waals surface area contributed by atoms with Gasteiger partial charge in [0.15, 0.2) is 0 Å². The van der Waals surface area contributed by atoms with Crippen LogP contribution < -0.4 is 4.90 Å². The Labute approximate surface area is 172 Å². The number of hydrogen-bond donors (Lipinski definition) is 0. The summed E-state index contributed by atoms with van der Waals surface area (Å²) in [4.78, 5) is 13.5. The van der Waals surface area contributed by atoms with Gasteiger partial charge in [-0.05, 0) is 18.9 Å². The molecule has 0 radical (unpaired) electrons. The minimum absolute atomic E-state index is 0.238. The van der Waals surface area contributed by atoms with Crippen molar-refractivity contribution in [1.29, 1.82) is 0 Å². The first-order chi connectivity index (χ1) is 13.7. The Morgan fingerprint density at radius 2 is 1.14 bits per heavy atom. The standard InChI is InChI=1S/C24H42N2O2/c1-3-5-7-9-11-13-17-21-25(22-18-14-12-10-8-6-4-2)23-19-15-16-20-24(23)26(27)28/h15-16,19-20H,3-14,17-18,21-22H2,1-2H3. The largest absolute Gasteiger partial charge is 0.366 e. The highest BCUT2D eigenvalue weighted by Crippen LogP contribution is 2.28. The van der Waals surface area contributed by atoms with Crippen LogP contribution in [0.5, 0.6) is 0 Å². The summed E-state index contributed by atoms with van der Waals surface area (Å²) in [6.45, 7) is 6.34. The van der Waals surface area contributed by atoms with Crippen LogP contribution in [0.25, 0.3) is 0 Å². The fraction of sp³-hybridized carbons (Fsp3) is 0.750. The third-order valence-electron chi connectivity index (χ3n) is 5.48. The summed E-state index contributed by atoms with van der Waals surface area (Å²) in [6, 6.07) is 7.24. The van der Waals surface area contributed by atoms with E-state index in [2.05, 4.69) is 18.7 Å². The summed E-state index contributed by atoms with van der Waals surface area (Å²) >= 11 is 0. The molecule has 1 aromatic carbocycles. The Hall–Kier alpha value is -1.58. The zero-order valence-electron chi connectivity index (χ0n) is 18.3. The lowest BCUT2D eigenvalue weighted by Gasteiger charge is -2.24. The van der Waals surface area contributed by atoms with Gasteiger partial charge in [-0.15, -0.1) is 0 Å². The predicted molar refractivity (Wildman–Crippen MR) is 121 cm³/mol. The molecule has 1 rings (SSSR count). The van der Waals surface area contributed by atoms with Gasteiger partial charge in [0, 0.05) is 19.2 Å². The molecule has 0 aliphatic rings. The van der Waals surface area contributed by atoms with E-state index in [1.54, 1.807) is 12.1 Å². The molecule has 0 bridgehead atoms. The van der Waals surface area contributed by atoms with Crippen LogP contribution in [0.2, 0.25) is 0 Å².